The monoisotopic (exact) mass is 396 g/mol. The highest BCUT2D eigenvalue weighted by Crippen LogP contribution is 2.11. The fourth-order valence-electron chi connectivity index (χ4n) is 2.54. The molecule has 0 radical (unpaired) electrons. The third-order valence-electron chi connectivity index (χ3n) is 4.24. The van der Waals surface area contributed by atoms with Gasteiger partial charge in [-0.05, 0) is 56.7 Å². The Morgan fingerprint density at radius 2 is 1.66 bits per heavy atom. The molecule has 0 spiro atoms. The van der Waals surface area contributed by atoms with Crippen molar-refractivity contribution in [2.24, 2.45) is 0 Å². The summed E-state index contributed by atoms with van der Waals surface area (Å²) in [6, 6.07) is 13.6. The quantitative estimate of drug-likeness (QED) is 0.528. The van der Waals surface area contributed by atoms with E-state index in [4.69, 9.17) is 4.74 Å². The van der Waals surface area contributed by atoms with E-state index in [-0.39, 0.29) is 24.7 Å². The van der Waals surface area contributed by atoms with Gasteiger partial charge in [-0.3, -0.25) is 19.2 Å². The Morgan fingerprint density at radius 1 is 1.00 bits per heavy atom. The topological polar surface area (TPSA) is 102 Å². The largest absolute Gasteiger partial charge is 0.452 e. The molecule has 2 amide bonds. The molecule has 2 aromatic rings. The van der Waals surface area contributed by atoms with E-state index in [1.165, 1.54) is 13.8 Å². The lowest BCUT2D eigenvalue weighted by molar-refractivity contribution is -0.153. The Balaban J connectivity index is 1.76. The number of anilines is 1. The normalized spacial score (nSPS) is 11.3. The van der Waals surface area contributed by atoms with Crippen LogP contribution in [0, 0.1) is 6.92 Å². The predicted molar refractivity (Wildman–Crippen MR) is 109 cm³/mol. The average Bonchev–Trinajstić information content (AvgIpc) is 2.68. The molecule has 2 aromatic carbocycles. The molecule has 1 atom stereocenters. The first kappa shape index (κ1) is 21.8. The van der Waals surface area contributed by atoms with Crippen molar-refractivity contribution in [2.75, 3.05) is 11.9 Å². The van der Waals surface area contributed by atoms with Crippen LogP contribution < -0.4 is 10.6 Å². The maximum absolute atomic E-state index is 12.1. The van der Waals surface area contributed by atoms with Crippen molar-refractivity contribution in [1.29, 1.82) is 0 Å². The molecule has 0 fully saturated rings. The van der Waals surface area contributed by atoms with Gasteiger partial charge in [0.25, 0.3) is 11.8 Å². The van der Waals surface area contributed by atoms with Gasteiger partial charge in [0.05, 0.1) is 6.42 Å². The maximum Gasteiger partial charge on any atom is 0.308 e. The van der Waals surface area contributed by atoms with Crippen molar-refractivity contribution in [3.05, 3.63) is 65.2 Å². The molecule has 0 heterocycles. The van der Waals surface area contributed by atoms with E-state index in [2.05, 4.69) is 10.6 Å². The molecule has 29 heavy (non-hydrogen) atoms. The van der Waals surface area contributed by atoms with Crippen molar-refractivity contribution in [3.8, 4) is 0 Å². The van der Waals surface area contributed by atoms with Gasteiger partial charge in [-0.25, -0.2) is 0 Å². The van der Waals surface area contributed by atoms with Crippen molar-refractivity contribution in [1.82, 2.24) is 5.32 Å². The number of nitrogens with one attached hydrogen (secondary N) is 2. The number of carbonyl (C=O) groups is 4. The van der Waals surface area contributed by atoms with Gasteiger partial charge in [-0.1, -0.05) is 18.2 Å². The number of hydrogen-bond acceptors (Lipinski definition) is 5. The van der Waals surface area contributed by atoms with Crippen molar-refractivity contribution < 1.29 is 23.9 Å². The Bertz CT molecular complexity index is 906. The lowest BCUT2D eigenvalue weighted by Gasteiger charge is -2.14. The lowest BCUT2D eigenvalue weighted by Crippen LogP contribution is -2.32. The fourth-order valence-corrected chi connectivity index (χ4v) is 2.54. The first-order chi connectivity index (χ1) is 13.8. The van der Waals surface area contributed by atoms with Crippen LogP contribution in [0.3, 0.4) is 0 Å². The van der Waals surface area contributed by atoms with Crippen LogP contribution in [-0.4, -0.2) is 36.2 Å². The molecule has 0 aliphatic carbocycles. The van der Waals surface area contributed by atoms with Crippen LogP contribution in [0.15, 0.2) is 48.5 Å². The first-order valence-electron chi connectivity index (χ1n) is 9.23. The molecule has 0 saturated carbocycles. The van der Waals surface area contributed by atoms with Crippen molar-refractivity contribution in [3.63, 3.8) is 0 Å². The van der Waals surface area contributed by atoms with Crippen LogP contribution in [0.25, 0.3) is 0 Å². The van der Waals surface area contributed by atoms with Crippen LogP contribution >= 0.6 is 0 Å². The molecular weight excluding hydrogens is 372 g/mol. The summed E-state index contributed by atoms with van der Waals surface area (Å²) in [6.07, 6.45) is -1.05. The number of carbonyl (C=O) groups excluding carboxylic acids is 4. The summed E-state index contributed by atoms with van der Waals surface area (Å²) in [7, 11) is 0. The number of ketones is 1. The summed E-state index contributed by atoms with van der Waals surface area (Å²) < 4.78 is 5.10. The van der Waals surface area contributed by atoms with Gasteiger partial charge in [-0.15, -0.1) is 0 Å². The molecule has 152 valence electrons. The van der Waals surface area contributed by atoms with Crippen LogP contribution in [0.1, 0.15) is 46.5 Å². The van der Waals surface area contributed by atoms with Gasteiger partial charge in [0.15, 0.2) is 11.9 Å². The van der Waals surface area contributed by atoms with Gasteiger partial charge >= 0.3 is 5.97 Å². The zero-order valence-corrected chi connectivity index (χ0v) is 16.7. The van der Waals surface area contributed by atoms with Gasteiger partial charge in [0.1, 0.15) is 0 Å². The van der Waals surface area contributed by atoms with E-state index in [1.807, 2.05) is 19.1 Å². The Morgan fingerprint density at radius 3 is 2.28 bits per heavy atom. The number of Topliss-reactive ketones (excluding diaryl/α,β-unsaturated/α-hetero) is 1. The molecule has 0 aliphatic heterocycles. The summed E-state index contributed by atoms with van der Waals surface area (Å²) >= 11 is 0. The minimum Gasteiger partial charge on any atom is -0.452 e. The number of benzene rings is 2. The van der Waals surface area contributed by atoms with E-state index in [9.17, 15) is 19.2 Å². The number of ether oxygens (including phenoxy) is 1. The summed E-state index contributed by atoms with van der Waals surface area (Å²) in [6.45, 7) is 4.85. The Hall–Kier alpha value is -3.48. The molecule has 2 N–H and O–H groups in total. The zero-order valence-electron chi connectivity index (χ0n) is 16.7. The SMILES string of the molecule is CC(=O)c1ccc(NC(=O)C(C)OC(=O)CCNC(=O)c2ccccc2C)cc1. The lowest BCUT2D eigenvalue weighted by atomic mass is 10.1. The fraction of sp³-hybridized carbons (Fsp3) is 0.273. The molecule has 0 saturated heterocycles. The van der Waals surface area contributed by atoms with Crippen molar-refractivity contribution >= 4 is 29.3 Å². The number of rotatable bonds is 8. The summed E-state index contributed by atoms with van der Waals surface area (Å²) in [5, 5.41) is 5.28. The Labute approximate surface area is 169 Å². The van der Waals surface area contributed by atoms with Gasteiger partial charge < -0.3 is 15.4 Å². The molecular formula is C22H24N2O5. The number of esters is 1. The highest BCUT2D eigenvalue weighted by Gasteiger charge is 2.18. The van der Waals surface area contributed by atoms with Crippen LogP contribution in [0.2, 0.25) is 0 Å². The smallest absolute Gasteiger partial charge is 0.308 e. The first-order valence-corrected chi connectivity index (χ1v) is 9.23. The van der Waals surface area contributed by atoms with E-state index >= 15 is 0 Å². The summed E-state index contributed by atoms with van der Waals surface area (Å²) in [5.41, 5.74) is 2.42. The molecule has 1 unspecified atom stereocenters. The molecule has 2 rings (SSSR count). The summed E-state index contributed by atoms with van der Waals surface area (Å²) in [4.78, 5) is 47.4. The average molecular weight is 396 g/mol. The van der Waals surface area contributed by atoms with Gasteiger partial charge in [0, 0.05) is 23.4 Å². The van der Waals surface area contributed by atoms with Crippen LogP contribution in [0.4, 0.5) is 5.69 Å². The third-order valence-corrected chi connectivity index (χ3v) is 4.24. The number of hydrogen-bond donors (Lipinski definition) is 2. The van der Waals surface area contributed by atoms with E-state index in [0.29, 0.717) is 16.8 Å². The second kappa shape index (κ2) is 10.2. The molecule has 7 nitrogen and oxygen atoms in total. The second-order valence-electron chi connectivity index (χ2n) is 6.58. The van der Waals surface area contributed by atoms with E-state index in [1.54, 1.807) is 36.4 Å². The summed E-state index contributed by atoms with van der Waals surface area (Å²) in [5.74, 6) is -1.42. The number of amides is 2. The van der Waals surface area contributed by atoms with Gasteiger partial charge in [-0.2, -0.15) is 0 Å². The van der Waals surface area contributed by atoms with Crippen LogP contribution in [0.5, 0.6) is 0 Å². The molecule has 0 aliphatic rings. The highest BCUT2D eigenvalue weighted by molar-refractivity contribution is 5.97. The highest BCUT2D eigenvalue weighted by atomic mass is 16.5. The van der Waals surface area contributed by atoms with Gasteiger partial charge in [0.2, 0.25) is 0 Å². The van der Waals surface area contributed by atoms with Crippen LogP contribution in [-0.2, 0) is 14.3 Å². The molecule has 7 heteroatoms. The minimum absolute atomic E-state index is 0.0530. The maximum atomic E-state index is 12.1. The van der Waals surface area contributed by atoms with E-state index in [0.717, 1.165) is 5.56 Å². The predicted octanol–water partition coefficient (Wildman–Crippen LogP) is 2.89. The second-order valence-corrected chi connectivity index (χ2v) is 6.58. The third kappa shape index (κ3) is 6.57. The zero-order chi connectivity index (χ0) is 21.4. The Kier molecular flexibility index (Phi) is 7.65. The van der Waals surface area contributed by atoms with Crippen molar-refractivity contribution in [2.45, 2.75) is 33.3 Å². The standard InChI is InChI=1S/C22H24N2O5/c1-14-6-4-5-7-19(14)22(28)23-13-12-20(26)29-16(3)21(27)24-18-10-8-17(9-11-18)15(2)25/h4-11,16H,12-13H2,1-3H3,(H,23,28)(H,24,27). The molecule has 0 bridgehead atoms. The minimum atomic E-state index is -0.998. The molecule has 0 aromatic heterocycles. The van der Waals surface area contributed by atoms with E-state index < -0.39 is 18.0 Å². The number of aryl methyl sites for hydroxylation is 1.